The van der Waals surface area contributed by atoms with Crippen molar-refractivity contribution in [1.82, 2.24) is 0 Å². The molecule has 0 aliphatic carbocycles. The molecule has 0 bridgehead atoms. The fourth-order valence-corrected chi connectivity index (χ4v) is 2.81. The molecule has 3 nitrogen and oxygen atoms in total. The van der Waals surface area contributed by atoms with Crippen LogP contribution in [-0.2, 0) is 14.9 Å². The molecule has 0 saturated carbocycles. The van der Waals surface area contributed by atoms with Crippen LogP contribution in [0, 0.1) is 5.92 Å². The number of ether oxygens (including phenoxy) is 1. The molecule has 1 saturated heterocycles. The number of piperidine rings is 1. The molecule has 0 unspecified atom stereocenters. The van der Waals surface area contributed by atoms with E-state index in [0.717, 1.165) is 25.9 Å². The van der Waals surface area contributed by atoms with Gasteiger partial charge in [0.2, 0.25) is 0 Å². The second-order valence-corrected chi connectivity index (χ2v) is 6.81. The van der Waals surface area contributed by atoms with Crippen molar-refractivity contribution in [2.24, 2.45) is 5.92 Å². The van der Waals surface area contributed by atoms with Crippen LogP contribution in [0.3, 0.4) is 0 Å². The van der Waals surface area contributed by atoms with Crippen LogP contribution in [0.1, 0.15) is 46.1 Å². The number of carbonyl (C=O) groups is 1. The molecular formula is C18H27NO2. The van der Waals surface area contributed by atoms with Gasteiger partial charge in [-0.2, -0.15) is 0 Å². The number of hydrogen-bond acceptors (Lipinski definition) is 3. The van der Waals surface area contributed by atoms with E-state index in [9.17, 15) is 4.79 Å². The van der Waals surface area contributed by atoms with Crippen LogP contribution < -0.4 is 4.90 Å². The topological polar surface area (TPSA) is 29.5 Å². The zero-order chi connectivity index (χ0) is 15.5. The normalized spacial score (nSPS) is 16.9. The van der Waals surface area contributed by atoms with Crippen LogP contribution in [0.15, 0.2) is 24.3 Å². The summed E-state index contributed by atoms with van der Waals surface area (Å²) in [6, 6.07) is 8.83. The highest BCUT2D eigenvalue weighted by molar-refractivity contribution is 5.72. The highest BCUT2D eigenvalue weighted by atomic mass is 16.5. The molecule has 1 heterocycles. The van der Waals surface area contributed by atoms with E-state index >= 15 is 0 Å². The Kier molecular flexibility index (Phi) is 4.92. The van der Waals surface area contributed by atoms with Gasteiger partial charge in [-0.1, -0.05) is 32.9 Å². The molecule has 21 heavy (non-hydrogen) atoms. The van der Waals surface area contributed by atoms with E-state index in [0.29, 0.717) is 6.61 Å². The number of carbonyl (C=O) groups excluding carboxylic acids is 1. The van der Waals surface area contributed by atoms with Crippen molar-refractivity contribution < 1.29 is 9.53 Å². The third kappa shape index (κ3) is 3.99. The molecule has 1 aliphatic heterocycles. The standard InChI is InChI=1S/C18H27NO2/c1-5-21-17(20)14-10-12-19(13-11-14)16-8-6-15(7-9-16)18(2,3)4/h6-9,14H,5,10-13H2,1-4H3. The minimum absolute atomic E-state index is 0.0276. The summed E-state index contributed by atoms with van der Waals surface area (Å²) >= 11 is 0. The van der Waals surface area contributed by atoms with Gasteiger partial charge in [-0.25, -0.2) is 0 Å². The minimum Gasteiger partial charge on any atom is -0.466 e. The third-order valence-corrected chi connectivity index (χ3v) is 4.21. The first-order valence-corrected chi connectivity index (χ1v) is 7.94. The maximum Gasteiger partial charge on any atom is 0.309 e. The Labute approximate surface area is 128 Å². The summed E-state index contributed by atoms with van der Waals surface area (Å²) in [5.74, 6) is 0.0512. The molecule has 0 amide bonds. The van der Waals surface area contributed by atoms with Crippen LogP contribution in [-0.4, -0.2) is 25.7 Å². The summed E-state index contributed by atoms with van der Waals surface area (Å²) in [7, 11) is 0. The van der Waals surface area contributed by atoms with E-state index in [2.05, 4.69) is 49.9 Å². The summed E-state index contributed by atoms with van der Waals surface area (Å²) in [4.78, 5) is 14.1. The van der Waals surface area contributed by atoms with Crippen LogP contribution in [0.25, 0.3) is 0 Å². The van der Waals surface area contributed by atoms with Crippen molar-refractivity contribution in [1.29, 1.82) is 0 Å². The fourth-order valence-electron chi connectivity index (χ4n) is 2.81. The van der Waals surface area contributed by atoms with Crippen molar-refractivity contribution in [3.8, 4) is 0 Å². The maximum absolute atomic E-state index is 11.8. The summed E-state index contributed by atoms with van der Waals surface area (Å²) in [6.07, 6.45) is 1.78. The Hall–Kier alpha value is -1.51. The van der Waals surface area contributed by atoms with Crippen LogP contribution >= 0.6 is 0 Å². The van der Waals surface area contributed by atoms with Gasteiger partial charge in [-0.15, -0.1) is 0 Å². The van der Waals surface area contributed by atoms with Crippen LogP contribution in [0.4, 0.5) is 5.69 Å². The number of nitrogens with zero attached hydrogens (tertiary/aromatic N) is 1. The lowest BCUT2D eigenvalue weighted by atomic mass is 9.87. The first-order chi connectivity index (χ1) is 9.91. The molecule has 116 valence electrons. The van der Waals surface area contributed by atoms with Gasteiger partial charge in [0.05, 0.1) is 12.5 Å². The van der Waals surface area contributed by atoms with Gasteiger partial charge in [0, 0.05) is 18.8 Å². The first kappa shape index (κ1) is 15.9. The number of esters is 1. The van der Waals surface area contributed by atoms with E-state index in [4.69, 9.17) is 4.74 Å². The van der Waals surface area contributed by atoms with Gasteiger partial charge in [-0.3, -0.25) is 4.79 Å². The first-order valence-electron chi connectivity index (χ1n) is 7.94. The minimum atomic E-state index is -0.0276. The molecule has 0 aromatic heterocycles. The molecule has 0 radical (unpaired) electrons. The van der Waals surface area contributed by atoms with E-state index < -0.39 is 0 Å². The van der Waals surface area contributed by atoms with Crippen molar-refractivity contribution in [3.63, 3.8) is 0 Å². The number of hydrogen-bond donors (Lipinski definition) is 0. The van der Waals surface area contributed by atoms with Gasteiger partial charge in [0.1, 0.15) is 0 Å². The van der Waals surface area contributed by atoms with Crippen molar-refractivity contribution in [2.45, 2.75) is 46.0 Å². The highest BCUT2D eigenvalue weighted by Gasteiger charge is 2.26. The monoisotopic (exact) mass is 289 g/mol. The summed E-state index contributed by atoms with van der Waals surface area (Å²) in [5.41, 5.74) is 2.80. The van der Waals surface area contributed by atoms with Crippen molar-refractivity contribution in [3.05, 3.63) is 29.8 Å². The molecular weight excluding hydrogens is 262 g/mol. The number of benzene rings is 1. The predicted octanol–water partition coefficient (Wildman–Crippen LogP) is 3.76. The SMILES string of the molecule is CCOC(=O)C1CCN(c2ccc(C(C)(C)C)cc2)CC1. The second-order valence-electron chi connectivity index (χ2n) is 6.81. The zero-order valence-electron chi connectivity index (χ0n) is 13.7. The fraction of sp³-hybridized carbons (Fsp3) is 0.611. The molecule has 1 aromatic carbocycles. The lowest BCUT2D eigenvalue weighted by Gasteiger charge is -2.33. The zero-order valence-corrected chi connectivity index (χ0v) is 13.7. The predicted molar refractivity (Wildman–Crippen MR) is 86.7 cm³/mol. The largest absolute Gasteiger partial charge is 0.466 e. The molecule has 1 aromatic rings. The van der Waals surface area contributed by atoms with Gasteiger partial charge < -0.3 is 9.64 Å². The third-order valence-electron chi connectivity index (χ3n) is 4.21. The van der Waals surface area contributed by atoms with E-state index in [1.54, 1.807) is 0 Å². The quantitative estimate of drug-likeness (QED) is 0.793. The van der Waals surface area contributed by atoms with Gasteiger partial charge in [-0.05, 0) is 42.9 Å². The molecule has 3 heteroatoms. The second kappa shape index (κ2) is 6.50. The summed E-state index contributed by atoms with van der Waals surface area (Å²) < 4.78 is 5.12. The maximum atomic E-state index is 11.8. The lowest BCUT2D eigenvalue weighted by Crippen LogP contribution is -2.37. The van der Waals surface area contributed by atoms with Crippen molar-refractivity contribution >= 4 is 11.7 Å². The Balaban J connectivity index is 1.95. The molecule has 2 rings (SSSR count). The number of anilines is 1. The summed E-state index contributed by atoms with van der Waals surface area (Å²) in [6.45, 7) is 10.9. The van der Waals surface area contributed by atoms with Crippen LogP contribution in [0.5, 0.6) is 0 Å². The van der Waals surface area contributed by atoms with E-state index in [1.807, 2.05) is 6.92 Å². The lowest BCUT2D eigenvalue weighted by molar-refractivity contribution is -0.148. The Morgan fingerprint density at radius 3 is 2.24 bits per heavy atom. The molecule has 0 atom stereocenters. The van der Waals surface area contributed by atoms with E-state index in [-0.39, 0.29) is 17.3 Å². The Morgan fingerprint density at radius 1 is 1.19 bits per heavy atom. The highest BCUT2D eigenvalue weighted by Crippen LogP contribution is 2.27. The average Bonchev–Trinajstić information content (AvgIpc) is 2.47. The molecule has 0 N–H and O–H groups in total. The summed E-state index contributed by atoms with van der Waals surface area (Å²) in [5, 5.41) is 0. The van der Waals surface area contributed by atoms with E-state index in [1.165, 1.54) is 11.3 Å². The van der Waals surface area contributed by atoms with Gasteiger partial charge >= 0.3 is 5.97 Å². The van der Waals surface area contributed by atoms with Gasteiger partial charge in [0.25, 0.3) is 0 Å². The molecule has 1 aliphatic rings. The van der Waals surface area contributed by atoms with Crippen LogP contribution in [0.2, 0.25) is 0 Å². The van der Waals surface area contributed by atoms with Gasteiger partial charge in [0.15, 0.2) is 0 Å². The molecule has 1 fully saturated rings. The number of rotatable bonds is 3. The Morgan fingerprint density at radius 2 is 1.76 bits per heavy atom. The Bertz CT molecular complexity index is 465. The average molecular weight is 289 g/mol. The van der Waals surface area contributed by atoms with Crippen molar-refractivity contribution in [2.75, 3.05) is 24.6 Å². The smallest absolute Gasteiger partial charge is 0.309 e. The molecule has 0 spiro atoms.